The van der Waals surface area contributed by atoms with Gasteiger partial charge in [0.2, 0.25) is 5.91 Å². The van der Waals surface area contributed by atoms with Gasteiger partial charge < -0.3 is 5.32 Å². The third-order valence-electron chi connectivity index (χ3n) is 5.48. The van der Waals surface area contributed by atoms with Crippen molar-refractivity contribution in [1.82, 2.24) is 25.0 Å². The van der Waals surface area contributed by atoms with Crippen molar-refractivity contribution in [3.05, 3.63) is 70.0 Å². The number of rotatable bonds is 10. The van der Waals surface area contributed by atoms with Gasteiger partial charge >= 0.3 is 0 Å². The smallest absolute Gasteiger partial charge is 0.222 e. The van der Waals surface area contributed by atoms with E-state index in [2.05, 4.69) is 58.5 Å². The number of hydrogen-bond donors (Lipinski definition) is 2. The van der Waals surface area contributed by atoms with E-state index < -0.39 is 0 Å². The Morgan fingerprint density at radius 3 is 2.58 bits per heavy atom. The molecule has 7 heteroatoms. The minimum atomic E-state index is -0.00376. The fraction of sp³-hybridized carbons (Fsp3) is 0.375. The highest BCUT2D eigenvalue weighted by molar-refractivity contribution is 7.71. The third-order valence-corrected chi connectivity index (χ3v) is 5.79. The summed E-state index contributed by atoms with van der Waals surface area (Å²) >= 11 is 5.39. The highest BCUT2D eigenvalue weighted by Gasteiger charge is 2.12. The molecule has 0 fully saturated rings. The van der Waals surface area contributed by atoms with E-state index in [1.54, 1.807) is 0 Å². The molecule has 164 valence electrons. The van der Waals surface area contributed by atoms with E-state index in [0.717, 1.165) is 42.1 Å². The summed E-state index contributed by atoms with van der Waals surface area (Å²) in [5.74, 6) is 0.752. The highest BCUT2D eigenvalue weighted by atomic mass is 32.1. The molecular formula is C24H31N5OS. The van der Waals surface area contributed by atoms with Gasteiger partial charge in [0, 0.05) is 31.6 Å². The molecule has 0 bridgehead atoms. The number of amides is 1. The van der Waals surface area contributed by atoms with Crippen LogP contribution in [0.15, 0.2) is 48.5 Å². The van der Waals surface area contributed by atoms with E-state index in [4.69, 9.17) is 12.2 Å². The summed E-state index contributed by atoms with van der Waals surface area (Å²) in [6, 6.07) is 16.4. The van der Waals surface area contributed by atoms with Crippen molar-refractivity contribution >= 4 is 18.1 Å². The quantitative estimate of drug-likeness (QED) is 0.460. The Morgan fingerprint density at radius 2 is 1.87 bits per heavy atom. The largest absolute Gasteiger partial charge is 0.352 e. The lowest BCUT2D eigenvalue weighted by molar-refractivity contribution is -0.121. The summed E-state index contributed by atoms with van der Waals surface area (Å²) in [5.41, 5.74) is 4.55. The Balaban J connectivity index is 1.61. The van der Waals surface area contributed by atoms with Gasteiger partial charge in [0.05, 0.1) is 0 Å². The molecule has 2 aromatic carbocycles. The van der Waals surface area contributed by atoms with E-state index in [9.17, 15) is 4.79 Å². The molecule has 6 nitrogen and oxygen atoms in total. The van der Waals surface area contributed by atoms with Crippen LogP contribution in [0, 0.1) is 11.7 Å². The second kappa shape index (κ2) is 11.0. The van der Waals surface area contributed by atoms with Crippen LogP contribution < -0.4 is 5.32 Å². The van der Waals surface area contributed by atoms with Gasteiger partial charge in [-0.25, -0.2) is 0 Å². The normalized spacial score (nSPS) is 11.1. The van der Waals surface area contributed by atoms with Crippen LogP contribution in [0.25, 0.3) is 11.4 Å². The van der Waals surface area contributed by atoms with Crippen molar-refractivity contribution in [3.63, 3.8) is 0 Å². The summed E-state index contributed by atoms with van der Waals surface area (Å²) < 4.78 is 2.41. The van der Waals surface area contributed by atoms with E-state index in [1.807, 2.05) is 35.8 Å². The van der Waals surface area contributed by atoms with E-state index in [1.165, 1.54) is 5.56 Å². The molecule has 1 aromatic heterocycles. The molecule has 0 atom stereocenters. The number of nitrogens with one attached hydrogen (secondary N) is 2. The number of H-pyrrole nitrogens is 1. The van der Waals surface area contributed by atoms with Crippen molar-refractivity contribution in [1.29, 1.82) is 0 Å². The predicted molar refractivity (Wildman–Crippen MR) is 127 cm³/mol. The Bertz CT molecular complexity index is 1070. The first kappa shape index (κ1) is 22.9. The average Bonchev–Trinajstić information content (AvgIpc) is 3.15. The number of carbonyl (C=O) groups excluding carboxylic acids is 1. The second-order valence-corrected chi connectivity index (χ2v) is 8.02. The Kier molecular flexibility index (Phi) is 8.14. The minimum Gasteiger partial charge on any atom is -0.352 e. The number of benzene rings is 2. The number of carbonyl (C=O) groups is 1. The summed E-state index contributed by atoms with van der Waals surface area (Å²) in [5, 5.41) is 10.3. The molecule has 1 amide bonds. The zero-order valence-corrected chi connectivity index (χ0v) is 19.3. The van der Waals surface area contributed by atoms with Crippen LogP contribution >= 0.6 is 12.2 Å². The van der Waals surface area contributed by atoms with E-state index >= 15 is 0 Å². The van der Waals surface area contributed by atoms with Crippen molar-refractivity contribution < 1.29 is 4.79 Å². The number of nitrogens with zero attached hydrogens (tertiary/aromatic N) is 3. The first-order chi connectivity index (χ1) is 15.0. The third kappa shape index (κ3) is 6.12. The molecule has 2 N–H and O–H groups in total. The molecule has 3 aromatic rings. The Hall–Kier alpha value is -2.77. The van der Waals surface area contributed by atoms with Gasteiger partial charge in [0.15, 0.2) is 10.6 Å². The van der Waals surface area contributed by atoms with Crippen LogP contribution in [0.4, 0.5) is 0 Å². The Morgan fingerprint density at radius 1 is 1.13 bits per heavy atom. The summed E-state index contributed by atoms with van der Waals surface area (Å²) in [4.78, 5) is 14.9. The Labute approximate surface area is 189 Å². The summed E-state index contributed by atoms with van der Waals surface area (Å²) in [6.07, 6.45) is 0.338. The molecule has 3 rings (SSSR count). The van der Waals surface area contributed by atoms with Crippen LogP contribution in [-0.4, -0.2) is 38.7 Å². The predicted octanol–water partition coefficient (Wildman–Crippen LogP) is 4.46. The lowest BCUT2D eigenvalue weighted by Gasteiger charge is -2.20. The number of aryl methyl sites for hydroxylation is 1. The molecule has 1 heterocycles. The standard InChI is InChI=1S/C24H31N5OS/c1-4-28(5-2)17-21-11-7-6-10-20(21)16-25-22(30)13-14-29-23(26-27-24(29)31)19-12-8-9-18(3)15-19/h6-12,15H,4-5,13-14,16-17H2,1-3H3,(H,25,30)(H,27,31). The maximum atomic E-state index is 12.6. The molecule has 0 radical (unpaired) electrons. The molecule has 0 unspecified atom stereocenters. The molecule has 0 saturated heterocycles. The van der Waals surface area contributed by atoms with E-state index in [-0.39, 0.29) is 5.91 Å². The maximum absolute atomic E-state index is 12.6. The first-order valence-electron chi connectivity index (χ1n) is 10.8. The molecule has 0 aliphatic rings. The van der Waals surface area contributed by atoms with Crippen molar-refractivity contribution in [2.75, 3.05) is 13.1 Å². The molecule has 0 aliphatic heterocycles. The molecule has 0 spiro atoms. The maximum Gasteiger partial charge on any atom is 0.222 e. The van der Waals surface area contributed by atoms with Crippen molar-refractivity contribution in [2.45, 2.75) is 46.8 Å². The fourth-order valence-corrected chi connectivity index (χ4v) is 3.82. The molecule has 0 aliphatic carbocycles. The van der Waals surface area contributed by atoms with Gasteiger partial charge in [-0.1, -0.05) is 61.9 Å². The van der Waals surface area contributed by atoms with Gasteiger partial charge in [-0.2, -0.15) is 5.10 Å². The van der Waals surface area contributed by atoms with Crippen LogP contribution in [0.3, 0.4) is 0 Å². The van der Waals surface area contributed by atoms with Crippen LogP contribution in [0.1, 0.15) is 37.0 Å². The monoisotopic (exact) mass is 437 g/mol. The topological polar surface area (TPSA) is 66.0 Å². The van der Waals surface area contributed by atoms with Crippen LogP contribution in [-0.2, 0) is 24.4 Å². The molecule has 31 heavy (non-hydrogen) atoms. The molecule has 0 saturated carbocycles. The summed E-state index contributed by atoms with van der Waals surface area (Å²) in [6.45, 7) is 10.3. The second-order valence-electron chi connectivity index (χ2n) is 7.63. The lowest BCUT2D eigenvalue weighted by atomic mass is 10.1. The zero-order valence-electron chi connectivity index (χ0n) is 18.5. The first-order valence-corrected chi connectivity index (χ1v) is 11.2. The number of aromatic amines is 1. The summed E-state index contributed by atoms with van der Waals surface area (Å²) in [7, 11) is 0. The number of hydrogen-bond acceptors (Lipinski definition) is 4. The average molecular weight is 438 g/mol. The van der Waals surface area contributed by atoms with Gasteiger partial charge in [-0.05, 0) is 49.4 Å². The molecular weight excluding hydrogens is 406 g/mol. The number of aromatic nitrogens is 3. The fourth-order valence-electron chi connectivity index (χ4n) is 3.60. The lowest BCUT2D eigenvalue weighted by Crippen LogP contribution is -2.26. The van der Waals surface area contributed by atoms with Gasteiger partial charge in [0.1, 0.15) is 0 Å². The van der Waals surface area contributed by atoms with Crippen molar-refractivity contribution in [3.8, 4) is 11.4 Å². The van der Waals surface area contributed by atoms with Crippen molar-refractivity contribution in [2.24, 2.45) is 0 Å². The SMILES string of the molecule is CCN(CC)Cc1ccccc1CNC(=O)CCn1c(-c2cccc(C)c2)n[nH]c1=S. The highest BCUT2D eigenvalue weighted by Crippen LogP contribution is 2.19. The van der Waals surface area contributed by atoms with Crippen LogP contribution in [0.5, 0.6) is 0 Å². The van der Waals surface area contributed by atoms with Gasteiger partial charge in [-0.3, -0.25) is 19.4 Å². The minimum absolute atomic E-state index is 0.00376. The van der Waals surface area contributed by atoms with E-state index in [0.29, 0.717) is 24.3 Å². The van der Waals surface area contributed by atoms with Crippen LogP contribution in [0.2, 0.25) is 0 Å². The van der Waals surface area contributed by atoms with Gasteiger partial charge in [0.25, 0.3) is 0 Å². The van der Waals surface area contributed by atoms with Gasteiger partial charge in [-0.15, -0.1) is 0 Å². The zero-order chi connectivity index (χ0) is 22.2.